The standard InChI is InChI=1S/C17H23N3O4S2/c1-19(2)10-11-20(15-8-12-25(21,22)13-15)26(23,24)16-7-3-5-14-6-4-9-18-17(14)16/h3-7,9,15H,8,10-13H2,1-2H3/t15-/m1/s1. The Morgan fingerprint density at radius 1 is 1.15 bits per heavy atom. The van der Waals surface area contributed by atoms with E-state index in [1.54, 1.807) is 18.3 Å². The fourth-order valence-corrected chi connectivity index (χ4v) is 6.85. The van der Waals surface area contributed by atoms with E-state index in [2.05, 4.69) is 4.98 Å². The van der Waals surface area contributed by atoms with Crippen molar-refractivity contribution in [3.63, 3.8) is 0 Å². The number of sulfonamides is 1. The summed E-state index contributed by atoms with van der Waals surface area (Å²) in [6.45, 7) is 0.743. The predicted molar refractivity (Wildman–Crippen MR) is 101 cm³/mol. The Bertz CT molecular complexity index is 998. The van der Waals surface area contributed by atoms with Gasteiger partial charge >= 0.3 is 0 Å². The minimum absolute atomic E-state index is 0.0272. The normalized spacial score (nSPS) is 20.2. The van der Waals surface area contributed by atoms with Crippen molar-refractivity contribution in [3.8, 4) is 0 Å². The van der Waals surface area contributed by atoms with Crippen molar-refractivity contribution in [2.24, 2.45) is 0 Å². The van der Waals surface area contributed by atoms with Gasteiger partial charge in [-0.15, -0.1) is 0 Å². The van der Waals surface area contributed by atoms with E-state index < -0.39 is 25.9 Å². The molecule has 7 nitrogen and oxygen atoms in total. The molecule has 2 heterocycles. The van der Waals surface area contributed by atoms with E-state index in [1.165, 1.54) is 10.4 Å². The lowest BCUT2D eigenvalue weighted by atomic mass is 10.2. The highest BCUT2D eigenvalue weighted by Gasteiger charge is 2.39. The molecule has 0 spiro atoms. The number of aromatic nitrogens is 1. The van der Waals surface area contributed by atoms with Crippen LogP contribution >= 0.6 is 0 Å². The Hall–Kier alpha value is -1.55. The SMILES string of the molecule is CN(C)CCN([C@@H]1CCS(=O)(=O)C1)S(=O)(=O)c1cccc2cccnc12. The highest BCUT2D eigenvalue weighted by Crippen LogP contribution is 2.28. The van der Waals surface area contributed by atoms with Crippen molar-refractivity contribution in [1.29, 1.82) is 0 Å². The summed E-state index contributed by atoms with van der Waals surface area (Å²) in [5, 5.41) is 0.736. The van der Waals surface area contributed by atoms with Crippen molar-refractivity contribution in [2.45, 2.75) is 17.4 Å². The predicted octanol–water partition coefficient (Wildman–Crippen LogP) is 0.974. The number of hydrogen-bond acceptors (Lipinski definition) is 6. The first kappa shape index (κ1) is 19.2. The molecule has 1 fully saturated rings. The zero-order valence-corrected chi connectivity index (χ0v) is 16.5. The summed E-state index contributed by atoms with van der Waals surface area (Å²) in [6, 6.07) is 8.07. The van der Waals surface area contributed by atoms with Crippen molar-refractivity contribution in [1.82, 2.24) is 14.2 Å². The third-order valence-corrected chi connectivity index (χ3v) is 8.30. The van der Waals surface area contributed by atoms with Gasteiger partial charge < -0.3 is 4.90 Å². The molecule has 142 valence electrons. The van der Waals surface area contributed by atoms with Crippen LogP contribution in [0, 0.1) is 0 Å². The van der Waals surface area contributed by atoms with Crippen LogP contribution in [0.1, 0.15) is 6.42 Å². The van der Waals surface area contributed by atoms with Crippen LogP contribution in [0.4, 0.5) is 0 Å². The highest BCUT2D eigenvalue weighted by molar-refractivity contribution is 7.92. The van der Waals surface area contributed by atoms with Gasteiger partial charge in [0.15, 0.2) is 9.84 Å². The first-order chi connectivity index (χ1) is 12.2. The summed E-state index contributed by atoms with van der Waals surface area (Å²) >= 11 is 0. The quantitative estimate of drug-likeness (QED) is 0.722. The summed E-state index contributed by atoms with van der Waals surface area (Å²) in [5.74, 6) is -0.0999. The van der Waals surface area contributed by atoms with Gasteiger partial charge in [0.2, 0.25) is 10.0 Å². The third kappa shape index (κ3) is 3.90. The highest BCUT2D eigenvalue weighted by atomic mass is 32.2. The van der Waals surface area contributed by atoms with Crippen LogP contribution in [0.15, 0.2) is 41.4 Å². The van der Waals surface area contributed by atoms with Crippen LogP contribution < -0.4 is 0 Å². The third-order valence-electron chi connectivity index (χ3n) is 4.57. The number of nitrogens with zero attached hydrogens (tertiary/aromatic N) is 3. The molecule has 1 aliphatic heterocycles. The van der Waals surface area contributed by atoms with E-state index in [9.17, 15) is 16.8 Å². The summed E-state index contributed by atoms with van der Waals surface area (Å²) in [7, 11) is -3.36. The molecule has 9 heteroatoms. The number of likely N-dealkylation sites (N-methyl/N-ethyl adjacent to an activating group) is 1. The van der Waals surface area contributed by atoms with Crippen LogP contribution in [0.25, 0.3) is 10.9 Å². The minimum atomic E-state index is -3.88. The topological polar surface area (TPSA) is 87.7 Å². The monoisotopic (exact) mass is 397 g/mol. The Balaban J connectivity index is 2.06. The van der Waals surface area contributed by atoms with Gasteiger partial charge in [0.1, 0.15) is 4.90 Å². The lowest BCUT2D eigenvalue weighted by Crippen LogP contribution is -2.44. The van der Waals surface area contributed by atoms with Crippen molar-refractivity contribution in [2.75, 3.05) is 38.7 Å². The van der Waals surface area contributed by atoms with Crippen LogP contribution in [0.3, 0.4) is 0 Å². The van der Waals surface area contributed by atoms with Gasteiger partial charge in [0.05, 0.1) is 17.0 Å². The molecule has 1 aromatic heterocycles. The Kier molecular flexibility index (Phi) is 5.34. The van der Waals surface area contributed by atoms with Crippen LogP contribution in [-0.2, 0) is 19.9 Å². The Morgan fingerprint density at radius 2 is 1.88 bits per heavy atom. The molecule has 1 aromatic carbocycles. The van der Waals surface area contributed by atoms with Crippen LogP contribution in [0.2, 0.25) is 0 Å². The lowest BCUT2D eigenvalue weighted by molar-refractivity contribution is 0.293. The Labute approximate surface area is 154 Å². The van der Waals surface area contributed by atoms with Crippen molar-refractivity contribution < 1.29 is 16.8 Å². The molecule has 0 radical (unpaired) electrons. The van der Waals surface area contributed by atoms with Gasteiger partial charge in [-0.25, -0.2) is 16.8 Å². The van der Waals surface area contributed by atoms with Gasteiger partial charge in [-0.05, 0) is 32.6 Å². The number of pyridine rings is 1. The van der Waals surface area contributed by atoms with Crippen molar-refractivity contribution >= 4 is 30.8 Å². The average molecular weight is 398 g/mol. The molecule has 0 N–H and O–H groups in total. The molecule has 2 aromatic rings. The molecule has 1 saturated heterocycles. The number of benzene rings is 1. The molecule has 1 aliphatic rings. The number of sulfone groups is 1. The molecule has 0 unspecified atom stereocenters. The molecule has 1 atom stereocenters. The maximum Gasteiger partial charge on any atom is 0.245 e. The van der Waals surface area contributed by atoms with Gasteiger partial charge in [0.25, 0.3) is 0 Å². The molecule has 26 heavy (non-hydrogen) atoms. The zero-order valence-electron chi connectivity index (χ0n) is 14.9. The molecule has 0 saturated carbocycles. The number of fused-ring (bicyclic) bond motifs is 1. The van der Waals surface area contributed by atoms with Gasteiger partial charge in [-0.2, -0.15) is 4.31 Å². The van der Waals surface area contributed by atoms with Crippen LogP contribution in [-0.4, -0.2) is 75.8 Å². The molecular weight excluding hydrogens is 374 g/mol. The second-order valence-electron chi connectivity index (χ2n) is 6.81. The maximum atomic E-state index is 13.4. The fraction of sp³-hybridized carbons (Fsp3) is 0.471. The molecule has 0 aliphatic carbocycles. The van der Waals surface area contributed by atoms with E-state index in [0.717, 1.165) is 5.39 Å². The number of hydrogen-bond donors (Lipinski definition) is 0. The second kappa shape index (κ2) is 7.22. The first-order valence-electron chi connectivity index (χ1n) is 8.41. The maximum absolute atomic E-state index is 13.4. The smallest absolute Gasteiger partial charge is 0.245 e. The summed E-state index contributed by atoms with van der Waals surface area (Å²) in [5.41, 5.74) is 0.408. The molecule has 0 bridgehead atoms. The number of rotatable bonds is 6. The largest absolute Gasteiger partial charge is 0.308 e. The molecule has 0 amide bonds. The lowest BCUT2D eigenvalue weighted by Gasteiger charge is -2.28. The summed E-state index contributed by atoms with van der Waals surface area (Å²) < 4.78 is 52.0. The van der Waals surface area contributed by atoms with E-state index in [-0.39, 0.29) is 22.9 Å². The second-order valence-corrected chi connectivity index (χ2v) is 10.9. The van der Waals surface area contributed by atoms with Gasteiger partial charge in [-0.1, -0.05) is 18.2 Å². The number of para-hydroxylation sites is 1. The van der Waals surface area contributed by atoms with E-state index in [1.807, 2.05) is 31.1 Å². The van der Waals surface area contributed by atoms with Gasteiger partial charge in [-0.3, -0.25) is 4.98 Å². The fourth-order valence-electron chi connectivity index (χ4n) is 3.21. The van der Waals surface area contributed by atoms with Crippen molar-refractivity contribution in [3.05, 3.63) is 36.5 Å². The minimum Gasteiger partial charge on any atom is -0.308 e. The van der Waals surface area contributed by atoms with Gasteiger partial charge in [0, 0.05) is 30.7 Å². The first-order valence-corrected chi connectivity index (χ1v) is 11.7. The molecule has 3 rings (SSSR count). The van der Waals surface area contributed by atoms with E-state index >= 15 is 0 Å². The van der Waals surface area contributed by atoms with Crippen LogP contribution in [0.5, 0.6) is 0 Å². The zero-order chi connectivity index (χ0) is 18.9. The van der Waals surface area contributed by atoms with E-state index in [0.29, 0.717) is 18.5 Å². The average Bonchev–Trinajstić information content (AvgIpc) is 2.93. The Morgan fingerprint density at radius 3 is 2.54 bits per heavy atom. The summed E-state index contributed by atoms with van der Waals surface area (Å²) in [4.78, 5) is 6.25. The van der Waals surface area contributed by atoms with E-state index in [4.69, 9.17) is 0 Å². The summed E-state index contributed by atoms with van der Waals surface area (Å²) in [6.07, 6.45) is 1.89. The molecular formula is C17H23N3O4S2.